The highest BCUT2D eigenvalue weighted by Gasteiger charge is 2.24. The molecule has 0 atom stereocenters. The van der Waals surface area contributed by atoms with Crippen LogP contribution in [-0.2, 0) is 4.74 Å². The summed E-state index contributed by atoms with van der Waals surface area (Å²) in [5.41, 5.74) is 9.42. The van der Waals surface area contributed by atoms with Crippen molar-refractivity contribution in [2.45, 2.75) is 0 Å². The lowest BCUT2D eigenvalue weighted by atomic mass is 9.99. The first kappa shape index (κ1) is 21.7. The van der Waals surface area contributed by atoms with Crippen LogP contribution < -0.4 is 15.8 Å². The Morgan fingerprint density at radius 2 is 2.06 bits per heavy atom. The van der Waals surface area contributed by atoms with Gasteiger partial charge in [-0.2, -0.15) is 0 Å². The van der Waals surface area contributed by atoms with E-state index in [0.717, 1.165) is 32.8 Å². The number of imidazole rings is 1. The minimum absolute atomic E-state index is 0.239. The fraction of sp³-hybridized carbons (Fsp3) is 0.304. The average molecular weight is 471 g/mol. The Balaban J connectivity index is 1.71. The van der Waals surface area contributed by atoms with Gasteiger partial charge in [-0.05, 0) is 12.1 Å². The second-order valence-corrected chi connectivity index (χ2v) is 8.23. The lowest BCUT2D eigenvalue weighted by molar-refractivity contribution is 0.0398. The third-order valence-corrected chi connectivity index (χ3v) is 6.22. The molecule has 3 heterocycles. The molecule has 0 saturated carbocycles. The Morgan fingerprint density at radius 3 is 2.82 bits per heavy atom. The summed E-state index contributed by atoms with van der Waals surface area (Å²) in [6.07, 6.45) is 3.28. The Labute approximate surface area is 195 Å². The minimum atomic E-state index is -0.459. The normalized spacial score (nSPS) is 14.8. The topological polar surface area (TPSA) is 89.9 Å². The van der Waals surface area contributed by atoms with E-state index in [1.54, 1.807) is 31.8 Å². The first-order valence-corrected chi connectivity index (χ1v) is 11.1. The number of nitrogens with zero attached hydrogens (tertiary/aromatic N) is 4. The molecule has 0 amide bonds. The highest BCUT2D eigenvalue weighted by Crippen LogP contribution is 2.45. The zero-order chi connectivity index (χ0) is 22.9. The number of hydrogen-bond donors (Lipinski definition) is 2. The van der Waals surface area contributed by atoms with Gasteiger partial charge in [-0.15, -0.1) is 0 Å². The Kier molecular flexibility index (Phi) is 5.92. The zero-order valence-electron chi connectivity index (χ0n) is 18.1. The van der Waals surface area contributed by atoms with Gasteiger partial charge in [-0.1, -0.05) is 17.7 Å². The Morgan fingerprint density at radius 1 is 1.24 bits per heavy atom. The lowest BCUT2D eigenvalue weighted by Gasteiger charge is -2.27. The number of methoxy groups -OCH3 is 1. The third kappa shape index (κ3) is 3.92. The number of anilines is 2. The molecule has 1 fully saturated rings. The first-order valence-electron chi connectivity index (χ1n) is 10.7. The fourth-order valence-corrected chi connectivity index (χ4v) is 4.52. The Hall–Kier alpha value is -3.14. The number of aromatic nitrogens is 3. The number of nitrogen functional groups attached to an aromatic ring is 1. The quantitative estimate of drug-likeness (QED) is 0.444. The van der Waals surface area contributed by atoms with Crippen LogP contribution in [0.15, 0.2) is 36.8 Å². The van der Waals surface area contributed by atoms with E-state index < -0.39 is 5.82 Å². The number of nitrogens with one attached hydrogen (secondary N) is 1. The van der Waals surface area contributed by atoms with Gasteiger partial charge in [-0.3, -0.25) is 9.30 Å². The van der Waals surface area contributed by atoms with Crippen molar-refractivity contribution in [2.75, 3.05) is 57.6 Å². The maximum absolute atomic E-state index is 15.2. The van der Waals surface area contributed by atoms with Gasteiger partial charge in [0.25, 0.3) is 0 Å². The molecule has 1 aliphatic rings. The monoisotopic (exact) mass is 470 g/mol. The van der Waals surface area contributed by atoms with Crippen molar-refractivity contribution in [2.24, 2.45) is 0 Å². The summed E-state index contributed by atoms with van der Waals surface area (Å²) in [6.45, 7) is 4.60. The van der Waals surface area contributed by atoms with Crippen LogP contribution in [0.3, 0.4) is 0 Å². The number of morpholine rings is 1. The molecule has 5 rings (SSSR count). The predicted octanol–water partition coefficient (Wildman–Crippen LogP) is 3.68. The van der Waals surface area contributed by atoms with Crippen molar-refractivity contribution in [3.63, 3.8) is 0 Å². The molecule has 1 saturated heterocycles. The molecule has 10 heteroatoms. The number of fused-ring (bicyclic) bond motifs is 3. The van der Waals surface area contributed by atoms with E-state index in [1.807, 2.05) is 10.5 Å². The molecule has 8 nitrogen and oxygen atoms in total. The van der Waals surface area contributed by atoms with Crippen molar-refractivity contribution in [1.29, 1.82) is 0 Å². The van der Waals surface area contributed by atoms with Crippen molar-refractivity contribution >= 4 is 39.7 Å². The minimum Gasteiger partial charge on any atom is -0.494 e. The molecule has 1 aliphatic heterocycles. The molecule has 0 spiro atoms. The summed E-state index contributed by atoms with van der Waals surface area (Å²) in [5.74, 6) is 0.373. The number of nitrogens with two attached hydrogens (primary N) is 1. The molecule has 4 aromatic rings. The number of halogens is 2. The van der Waals surface area contributed by atoms with E-state index in [4.69, 9.17) is 26.8 Å². The molecule has 172 valence electrons. The highest BCUT2D eigenvalue weighted by atomic mass is 35.5. The van der Waals surface area contributed by atoms with Crippen LogP contribution in [-0.4, -0.2) is 65.8 Å². The molecular weight excluding hydrogens is 447 g/mol. The highest BCUT2D eigenvalue weighted by molar-refractivity contribution is 6.34. The average Bonchev–Trinajstić information content (AvgIpc) is 3.31. The fourth-order valence-electron chi connectivity index (χ4n) is 4.27. The molecule has 2 aromatic carbocycles. The van der Waals surface area contributed by atoms with Gasteiger partial charge >= 0.3 is 0 Å². The van der Waals surface area contributed by atoms with Crippen LogP contribution >= 0.6 is 11.6 Å². The van der Waals surface area contributed by atoms with Crippen molar-refractivity contribution in [3.05, 3.63) is 47.6 Å². The number of benzene rings is 2. The predicted molar refractivity (Wildman–Crippen MR) is 128 cm³/mol. The second-order valence-electron chi connectivity index (χ2n) is 7.82. The summed E-state index contributed by atoms with van der Waals surface area (Å²) in [7, 11) is 1.58. The van der Waals surface area contributed by atoms with Gasteiger partial charge in [0, 0.05) is 43.4 Å². The smallest absolute Gasteiger partial charge is 0.150 e. The van der Waals surface area contributed by atoms with Gasteiger partial charge in [0.15, 0.2) is 0 Å². The van der Waals surface area contributed by atoms with Crippen molar-refractivity contribution in [1.82, 2.24) is 19.3 Å². The van der Waals surface area contributed by atoms with E-state index in [9.17, 15) is 0 Å². The standard InChI is InChI=1S/C23H24ClFN6O2/c1-32-18-11-16-21(29-23(26)17-12-27-13-31(16)17)20(19-14(24)3-2-4-15(19)25)22(18)28-5-6-30-7-9-33-10-8-30/h2-4,11-13,28H,5-10H2,1H3,(H2,26,29). The van der Waals surface area contributed by atoms with Gasteiger partial charge in [0.05, 0.1) is 54.6 Å². The van der Waals surface area contributed by atoms with Crippen molar-refractivity contribution < 1.29 is 13.9 Å². The van der Waals surface area contributed by atoms with Crippen LogP contribution in [0.1, 0.15) is 0 Å². The molecule has 0 radical (unpaired) electrons. The molecule has 33 heavy (non-hydrogen) atoms. The zero-order valence-corrected chi connectivity index (χ0v) is 18.9. The number of ether oxygens (including phenoxy) is 2. The molecule has 3 N–H and O–H groups in total. The van der Waals surface area contributed by atoms with Crippen LogP contribution in [0.25, 0.3) is 27.7 Å². The molecular formula is C23H24ClFN6O2. The summed E-state index contributed by atoms with van der Waals surface area (Å²) >= 11 is 6.52. The molecule has 0 aliphatic carbocycles. The van der Waals surface area contributed by atoms with Gasteiger partial charge in [0.1, 0.15) is 22.9 Å². The summed E-state index contributed by atoms with van der Waals surface area (Å²) in [5, 5.41) is 3.72. The summed E-state index contributed by atoms with van der Waals surface area (Å²) in [6, 6.07) is 6.46. The Bertz CT molecular complexity index is 1300. The van der Waals surface area contributed by atoms with E-state index in [0.29, 0.717) is 40.1 Å². The van der Waals surface area contributed by atoms with E-state index >= 15 is 4.39 Å². The molecule has 2 aromatic heterocycles. The van der Waals surface area contributed by atoms with Crippen LogP contribution in [0.4, 0.5) is 15.9 Å². The molecule has 0 unspecified atom stereocenters. The maximum atomic E-state index is 15.2. The second kappa shape index (κ2) is 9.01. The SMILES string of the molecule is COc1cc2c(nc(N)c3cncn32)c(-c2c(F)cccc2Cl)c1NCCN1CCOCC1. The van der Waals surface area contributed by atoms with Crippen LogP contribution in [0, 0.1) is 5.82 Å². The van der Waals surface area contributed by atoms with Gasteiger partial charge < -0.3 is 20.5 Å². The van der Waals surface area contributed by atoms with E-state index in [-0.39, 0.29) is 16.4 Å². The number of hydrogen-bond acceptors (Lipinski definition) is 7. The van der Waals surface area contributed by atoms with Gasteiger partial charge in [0.2, 0.25) is 0 Å². The largest absolute Gasteiger partial charge is 0.494 e. The van der Waals surface area contributed by atoms with E-state index in [1.165, 1.54) is 6.07 Å². The summed E-state index contributed by atoms with van der Waals surface area (Å²) in [4.78, 5) is 11.1. The maximum Gasteiger partial charge on any atom is 0.150 e. The van der Waals surface area contributed by atoms with Crippen LogP contribution in [0.2, 0.25) is 5.02 Å². The lowest BCUT2D eigenvalue weighted by Crippen LogP contribution is -2.39. The third-order valence-electron chi connectivity index (χ3n) is 5.90. The van der Waals surface area contributed by atoms with Gasteiger partial charge in [-0.25, -0.2) is 14.4 Å². The first-order chi connectivity index (χ1) is 16.1. The summed E-state index contributed by atoms with van der Waals surface area (Å²) < 4.78 is 28.2. The van der Waals surface area contributed by atoms with Crippen LogP contribution in [0.5, 0.6) is 5.75 Å². The number of rotatable bonds is 6. The molecule has 0 bridgehead atoms. The van der Waals surface area contributed by atoms with E-state index in [2.05, 4.69) is 20.2 Å². The van der Waals surface area contributed by atoms with Crippen molar-refractivity contribution in [3.8, 4) is 16.9 Å².